The van der Waals surface area contributed by atoms with Crippen molar-refractivity contribution in [2.75, 3.05) is 29.8 Å². The summed E-state index contributed by atoms with van der Waals surface area (Å²) in [7, 11) is -1.76. The molecule has 1 atom stereocenters. The molecule has 2 aromatic rings. The number of methoxy groups -OCH3 is 1. The molecule has 0 amide bonds. The van der Waals surface area contributed by atoms with Gasteiger partial charge in [0, 0.05) is 36.5 Å². The molecule has 1 aromatic carbocycles. The van der Waals surface area contributed by atoms with Crippen LogP contribution >= 0.6 is 11.3 Å². The van der Waals surface area contributed by atoms with Gasteiger partial charge in [-0.25, -0.2) is 8.42 Å². The fraction of sp³-hybridized carbons (Fsp3) is 0.412. The highest BCUT2D eigenvalue weighted by molar-refractivity contribution is 7.94. The Balaban J connectivity index is 1.70. The Bertz CT molecular complexity index is 784. The molecule has 0 bridgehead atoms. The minimum absolute atomic E-state index is 0.263. The number of piperidine rings is 1. The van der Waals surface area contributed by atoms with Gasteiger partial charge in [-0.1, -0.05) is 0 Å². The van der Waals surface area contributed by atoms with Gasteiger partial charge >= 0.3 is 0 Å². The highest BCUT2D eigenvalue weighted by atomic mass is 32.2. The zero-order valence-electron chi connectivity index (χ0n) is 13.9. The third kappa shape index (κ3) is 3.91. The number of nitrogens with zero attached hydrogens (tertiary/aromatic N) is 1. The van der Waals surface area contributed by atoms with Gasteiger partial charge in [0.05, 0.1) is 6.10 Å². The first kappa shape index (κ1) is 17.3. The predicted molar refractivity (Wildman–Crippen MR) is 98.6 cm³/mol. The topological polar surface area (TPSA) is 58.6 Å². The molecular weight excluding hydrogens is 344 g/mol. The Kier molecular flexibility index (Phi) is 5.12. The van der Waals surface area contributed by atoms with E-state index in [1.165, 1.54) is 11.3 Å². The van der Waals surface area contributed by atoms with Gasteiger partial charge in [-0.15, -0.1) is 11.3 Å². The monoisotopic (exact) mass is 366 g/mol. The van der Waals surface area contributed by atoms with Gasteiger partial charge in [0.1, 0.15) is 4.21 Å². The molecule has 130 valence electrons. The van der Waals surface area contributed by atoms with Gasteiger partial charge in [-0.3, -0.25) is 4.72 Å². The van der Waals surface area contributed by atoms with Crippen molar-refractivity contribution in [1.29, 1.82) is 0 Å². The number of nitrogens with one attached hydrogen (secondary N) is 1. The third-order valence-corrected chi connectivity index (χ3v) is 7.05. The van der Waals surface area contributed by atoms with E-state index in [9.17, 15) is 8.42 Å². The normalized spacial score (nSPS) is 18.6. The van der Waals surface area contributed by atoms with Gasteiger partial charge in [0.15, 0.2) is 0 Å². The molecule has 0 radical (unpaired) electrons. The van der Waals surface area contributed by atoms with E-state index in [1.54, 1.807) is 13.2 Å². The van der Waals surface area contributed by atoms with Gasteiger partial charge < -0.3 is 9.64 Å². The van der Waals surface area contributed by atoms with Crippen LogP contribution in [0.25, 0.3) is 0 Å². The van der Waals surface area contributed by atoms with Gasteiger partial charge in [0.2, 0.25) is 0 Å². The van der Waals surface area contributed by atoms with Crippen LogP contribution in [0.15, 0.2) is 40.6 Å². The summed E-state index contributed by atoms with van der Waals surface area (Å²) in [4.78, 5) is 3.25. The highest BCUT2D eigenvalue weighted by Gasteiger charge is 2.20. The molecule has 0 spiro atoms. The molecule has 5 nitrogen and oxygen atoms in total. The van der Waals surface area contributed by atoms with Crippen molar-refractivity contribution in [1.82, 2.24) is 0 Å². The smallest absolute Gasteiger partial charge is 0.271 e. The first-order chi connectivity index (χ1) is 11.5. The SMILES string of the molecule is COC1CCCN(c2ccc(NS(=O)(=O)c3ccc(C)s3)cc2)C1. The van der Waals surface area contributed by atoms with E-state index in [4.69, 9.17) is 4.74 Å². The van der Waals surface area contributed by atoms with Crippen LogP contribution in [0.5, 0.6) is 0 Å². The van der Waals surface area contributed by atoms with E-state index in [2.05, 4.69) is 9.62 Å². The lowest BCUT2D eigenvalue weighted by molar-refractivity contribution is 0.0893. The second-order valence-corrected chi connectivity index (χ2v) is 9.16. The van der Waals surface area contributed by atoms with Crippen molar-refractivity contribution in [2.24, 2.45) is 0 Å². The molecule has 1 aliphatic heterocycles. The Morgan fingerprint density at radius 3 is 2.58 bits per heavy atom. The molecule has 24 heavy (non-hydrogen) atoms. The average Bonchev–Trinajstić information content (AvgIpc) is 3.03. The Hall–Kier alpha value is -1.57. The zero-order chi connectivity index (χ0) is 17.2. The summed E-state index contributed by atoms with van der Waals surface area (Å²) in [5.41, 5.74) is 1.66. The van der Waals surface area contributed by atoms with Crippen molar-refractivity contribution in [3.8, 4) is 0 Å². The maximum atomic E-state index is 12.4. The van der Waals surface area contributed by atoms with E-state index in [0.29, 0.717) is 9.90 Å². The number of rotatable bonds is 5. The number of benzene rings is 1. The van der Waals surface area contributed by atoms with E-state index in [1.807, 2.05) is 37.3 Å². The lowest BCUT2D eigenvalue weighted by atomic mass is 10.1. The maximum Gasteiger partial charge on any atom is 0.271 e. The van der Waals surface area contributed by atoms with Crippen molar-refractivity contribution in [2.45, 2.75) is 30.1 Å². The predicted octanol–water partition coefficient (Wildman–Crippen LogP) is 3.47. The molecule has 0 saturated carbocycles. The van der Waals surface area contributed by atoms with Crippen LogP contribution in [0.3, 0.4) is 0 Å². The van der Waals surface area contributed by atoms with Crippen LogP contribution in [0.1, 0.15) is 17.7 Å². The number of sulfonamides is 1. The fourth-order valence-corrected chi connectivity index (χ4v) is 5.21. The van der Waals surface area contributed by atoms with Crippen molar-refractivity contribution < 1.29 is 13.2 Å². The van der Waals surface area contributed by atoms with Gasteiger partial charge in [0.25, 0.3) is 10.0 Å². The first-order valence-electron chi connectivity index (χ1n) is 7.95. The first-order valence-corrected chi connectivity index (χ1v) is 10.2. The van der Waals surface area contributed by atoms with Gasteiger partial charge in [-0.2, -0.15) is 0 Å². The lowest BCUT2D eigenvalue weighted by Gasteiger charge is -2.33. The number of ether oxygens (including phenoxy) is 1. The number of aryl methyl sites for hydroxylation is 1. The molecule has 1 unspecified atom stereocenters. The number of anilines is 2. The molecule has 7 heteroatoms. The van der Waals surface area contributed by atoms with Crippen molar-refractivity contribution in [3.63, 3.8) is 0 Å². The summed E-state index contributed by atoms with van der Waals surface area (Å²) in [5.74, 6) is 0. The molecule has 3 rings (SSSR count). The summed E-state index contributed by atoms with van der Waals surface area (Å²) in [6, 6.07) is 11.0. The van der Waals surface area contributed by atoms with Crippen LogP contribution in [0, 0.1) is 6.92 Å². The van der Waals surface area contributed by atoms with E-state index >= 15 is 0 Å². The minimum Gasteiger partial charge on any atom is -0.380 e. The molecule has 1 aromatic heterocycles. The summed E-state index contributed by atoms with van der Waals surface area (Å²) in [5, 5.41) is 0. The van der Waals surface area contributed by atoms with E-state index < -0.39 is 10.0 Å². The Labute approximate surface area is 147 Å². The van der Waals surface area contributed by atoms with Gasteiger partial charge in [-0.05, 0) is 56.2 Å². The Morgan fingerprint density at radius 1 is 1.21 bits per heavy atom. The summed E-state index contributed by atoms with van der Waals surface area (Å²) in [6.07, 6.45) is 2.45. The third-order valence-electron chi connectivity index (χ3n) is 4.18. The fourth-order valence-electron chi connectivity index (χ4n) is 2.87. The lowest BCUT2D eigenvalue weighted by Crippen LogP contribution is -2.39. The standard InChI is InChI=1S/C17H22N2O3S2/c1-13-5-10-17(23-13)24(20,21)18-14-6-8-15(9-7-14)19-11-3-4-16(12-19)22-2/h5-10,16,18H,3-4,11-12H2,1-2H3. The highest BCUT2D eigenvalue weighted by Crippen LogP contribution is 2.26. The molecule has 1 N–H and O–H groups in total. The summed E-state index contributed by atoms with van der Waals surface area (Å²) >= 11 is 1.27. The molecule has 1 saturated heterocycles. The molecular formula is C17H22N2O3S2. The maximum absolute atomic E-state index is 12.4. The van der Waals surface area contributed by atoms with Crippen LogP contribution in [0.2, 0.25) is 0 Å². The summed E-state index contributed by atoms with van der Waals surface area (Å²) in [6.45, 7) is 3.76. The van der Waals surface area contributed by atoms with Crippen molar-refractivity contribution in [3.05, 3.63) is 41.3 Å². The quantitative estimate of drug-likeness (QED) is 0.880. The number of hydrogen-bond donors (Lipinski definition) is 1. The van der Waals surface area contributed by atoms with Crippen LogP contribution in [-0.2, 0) is 14.8 Å². The largest absolute Gasteiger partial charge is 0.380 e. The summed E-state index contributed by atoms with van der Waals surface area (Å²) < 4.78 is 33.1. The number of thiophene rings is 1. The van der Waals surface area contributed by atoms with Crippen molar-refractivity contribution >= 4 is 32.7 Å². The minimum atomic E-state index is -3.51. The second-order valence-electron chi connectivity index (χ2n) is 5.96. The molecule has 1 fully saturated rings. The second kappa shape index (κ2) is 7.13. The van der Waals surface area contributed by atoms with Crippen LogP contribution < -0.4 is 9.62 Å². The molecule has 0 aliphatic carbocycles. The van der Waals surface area contributed by atoms with Crippen LogP contribution in [-0.4, -0.2) is 34.7 Å². The zero-order valence-corrected chi connectivity index (χ0v) is 15.5. The van der Waals surface area contributed by atoms with Crippen LogP contribution in [0.4, 0.5) is 11.4 Å². The Morgan fingerprint density at radius 2 is 1.96 bits per heavy atom. The molecule has 2 heterocycles. The molecule has 1 aliphatic rings. The van der Waals surface area contributed by atoms with E-state index in [0.717, 1.165) is 36.5 Å². The number of hydrogen-bond acceptors (Lipinski definition) is 5. The average molecular weight is 367 g/mol. The van der Waals surface area contributed by atoms with E-state index in [-0.39, 0.29) is 6.10 Å².